The number of thiocarbonyl (C=S) groups is 1. The summed E-state index contributed by atoms with van der Waals surface area (Å²) in [6.07, 6.45) is 2.74. The lowest BCUT2D eigenvalue weighted by Crippen LogP contribution is -2.27. The van der Waals surface area contributed by atoms with Crippen LogP contribution in [-0.4, -0.2) is 23.4 Å². The minimum Gasteiger partial charge on any atom is -0.490 e. The molecule has 0 unspecified atom stereocenters. The zero-order valence-corrected chi connectivity index (χ0v) is 18.8. The van der Waals surface area contributed by atoms with E-state index in [0.29, 0.717) is 33.9 Å². The topological polar surface area (TPSA) is 38.8 Å². The van der Waals surface area contributed by atoms with Crippen LogP contribution in [0.5, 0.6) is 11.5 Å². The van der Waals surface area contributed by atoms with Crippen molar-refractivity contribution >= 4 is 61.9 Å². The highest BCUT2D eigenvalue weighted by Gasteiger charge is 2.33. The predicted molar refractivity (Wildman–Crippen MR) is 123 cm³/mol. The second-order valence-corrected chi connectivity index (χ2v) is 8.49. The van der Waals surface area contributed by atoms with E-state index in [-0.39, 0.29) is 5.91 Å². The van der Waals surface area contributed by atoms with E-state index in [9.17, 15) is 4.79 Å². The summed E-state index contributed by atoms with van der Waals surface area (Å²) in [7, 11) is 0. The monoisotopic (exact) mass is 477 g/mol. The number of para-hydroxylation sites is 1. The summed E-state index contributed by atoms with van der Waals surface area (Å²) in [5.41, 5.74) is 1.61. The first kappa shape index (κ1) is 20.9. The molecule has 7 heteroatoms. The Bertz CT molecular complexity index is 915. The number of anilines is 1. The Morgan fingerprint density at radius 1 is 1.18 bits per heavy atom. The first-order valence-electron chi connectivity index (χ1n) is 8.97. The largest absolute Gasteiger partial charge is 0.490 e. The number of halogens is 1. The van der Waals surface area contributed by atoms with Crippen LogP contribution >= 0.6 is 39.9 Å². The lowest BCUT2D eigenvalue weighted by molar-refractivity contribution is -0.113. The van der Waals surface area contributed by atoms with Crippen LogP contribution in [0.2, 0.25) is 0 Å². The number of amides is 1. The van der Waals surface area contributed by atoms with Crippen molar-refractivity contribution in [1.29, 1.82) is 0 Å². The van der Waals surface area contributed by atoms with Gasteiger partial charge in [-0.3, -0.25) is 9.69 Å². The minimum atomic E-state index is -0.124. The third-order valence-electron chi connectivity index (χ3n) is 3.89. The van der Waals surface area contributed by atoms with Crippen LogP contribution < -0.4 is 14.4 Å². The van der Waals surface area contributed by atoms with Crippen LogP contribution in [0.4, 0.5) is 5.69 Å². The molecule has 1 saturated heterocycles. The number of thioether (sulfide) groups is 1. The minimum absolute atomic E-state index is 0.124. The molecule has 1 amide bonds. The Morgan fingerprint density at radius 2 is 1.93 bits per heavy atom. The van der Waals surface area contributed by atoms with E-state index in [1.54, 1.807) is 4.90 Å². The maximum Gasteiger partial charge on any atom is 0.270 e. The first-order chi connectivity index (χ1) is 13.5. The number of carbonyl (C=O) groups excluding carboxylic acids is 1. The van der Waals surface area contributed by atoms with Crippen molar-refractivity contribution in [1.82, 2.24) is 0 Å². The molecule has 1 heterocycles. The van der Waals surface area contributed by atoms with Crippen LogP contribution in [0.15, 0.2) is 51.8 Å². The molecule has 28 heavy (non-hydrogen) atoms. The fraction of sp³-hybridized carbons (Fsp3) is 0.238. The molecular formula is C21H20BrNO3S2. The fourth-order valence-corrected chi connectivity index (χ4v) is 4.57. The highest BCUT2D eigenvalue weighted by Crippen LogP contribution is 2.40. The number of rotatable bonds is 7. The summed E-state index contributed by atoms with van der Waals surface area (Å²) in [4.78, 5) is 15.0. The van der Waals surface area contributed by atoms with Gasteiger partial charge in [0.05, 0.1) is 28.3 Å². The SMILES string of the molecule is CCCOc1c(Br)cc(/C=C2\SC(=S)N(c3ccccc3)C2=O)cc1OCC. The number of ether oxygens (including phenoxy) is 2. The second kappa shape index (κ2) is 9.58. The van der Waals surface area contributed by atoms with E-state index in [1.165, 1.54) is 11.8 Å². The molecule has 2 aromatic carbocycles. The molecule has 0 aliphatic carbocycles. The predicted octanol–water partition coefficient (Wildman–Crippen LogP) is 6.04. The fourth-order valence-electron chi connectivity index (χ4n) is 2.70. The van der Waals surface area contributed by atoms with Crippen LogP contribution in [0, 0.1) is 0 Å². The number of carbonyl (C=O) groups is 1. The summed E-state index contributed by atoms with van der Waals surface area (Å²) >= 11 is 10.3. The molecular weight excluding hydrogens is 458 g/mol. The third kappa shape index (κ3) is 4.59. The normalized spacial score (nSPS) is 15.4. The Hall–Kier alpha value is -1.83. The average Bonchev–Trinajstić information content (AvgIpc) is 2.95. The van der Waals surface area contributed by atoms with Gasteiger partial charge in [0.1, 0.15) is 0 Å². The maximum absolute atomic E-state index is 12.9. The van der Waals surface area contributed by atoms with E-state index < -0.39 is 0 Å². The molecule has 4 nitrogen and oxygen atoms in total. The van der Waals surface area contributed by atoms with Crippen LogP contribution in [0.3, 0.4) is 0 Å². The first-order valence-corrected chi connectivity index (χ1v) is 11.0. The van der Waals surface area contributed by atoms with E-state index in [1.807, 2.05) is 55.5 Å². The van der Waals surface area contributed by atoms with Crippen molar-refractivity contribution in [2.45, 2.75) is 20.3 Å². The quantitative estimate of drug-likeness (QED) is 0.358. The molecule has 0 saturated carbocycles. The molecule has 2 aromatic rings. The molecule has 0 N–H and O–H groups in total. The zero-order valence-electron chi connectivity index (χ0n) is 15.6. The van der Waals surface area contributed by atoms with E-state index in [4.69, 9.17) is 21.7 Å². The van der Waals surface area contributed by atoms with Crippen molar-refractivity contribution in [3.8, 4) is 11.5 Å². The van der Waals surface area contributed by atoms with Crippen LogP contribution in [0.1, 0.15) is 25.8 Å². The standard InChI is InChI=1S/C21H20BrNO3S2/c1-3-10-26-19-16(22)11-14(12-17(19)25-4-2)13-18-20(24)23(21(27)28-18)15-8-6-5-7-9-15/h5-9,11-13H,3-4,10H2,1-2H3/b18-13-. The lowest BCUT2D eigenvalue weighted by atomic mass is 10.1. The summed E-state index contributed by atoms with van der Waals surface area (Å²) in [5.74, 6) is 1.20. The van der Waals surface area contributed by atoms with Gasteiger partial charge < -0.3 is 9.47 Å². The van der Waals surface area contributed by atoms with Gasteiger partial charge in [-0.15, -0.1) is 0 Å². The van der Waals surface area contributed by atoms with E-state index >= 15 is 0 Å². The summed E-state index contributed by atoms with van der Waals surface area (Å²) in [5, 5.41) is 0. The molecule has 1 aliphatic heterocycles. The van der Waals surface area contributed by atoms with Gasteiger partial charge in [0.25, 0.3) is 5.91 Å². The lowest BCUT2D eigenvalue weighted by Gasteiger charge is -2.14. The summed E-state index contributed by atoms with van der Waals surface area (Å²) < 4.78 is 12.9. The summed E-state index contributed by atoms with van der Waals surface area (Å²) in [6.45, 7) is 5.11. The maximum atomic E-state index is 12.9. The van der Waals surface area contributed by atoms with E-state index in [0.717, 1.165) is 22.1 Å². The molecule has 0 atom stereocenters. The van der Waals surface area contributed by atoms with Crippen LogP contribution in [-0.2, 0) is 4.79 Å². The van der Waals surface area contributed by atoms with Gasteiger partial charge in [-0.1, -0.05) is 49.1 Å². The average molecular weight is 478 g/mol. The third-order valence-corrected chi connectivity index (χ3v) is 5.78. The van der Waals surface area contributed by atoms with Crippen LogP contribution in [0.25, 0.3) is 6.08 Å². The van der Waals surface area contributed by atoms with Crippen molar-refractivity contribution in [2.24, 2.45) is 0 Å². The number of benzene rings is 2. The molecule has 0 aromatic heterocycles. The highest BCUT2D eigenvalue weighted by atomic mass is 79.9. The smallest absolute Gasteiger partial charge is 0.270 e. The van der Waals surface area contributed by atoms with Gasteiger partial charge in [-0.25, -0.2) is 0 Å². The number of hydrogen-bond acceptors (Lipinski definition) is 5. The van der Waals surface area contributed by atoms with Crippen molar-refractivity contribution < 1.29 is 14.3 Å². The van der Waals surface area contributed by atoms with Gasteiger partial charge >= 0.3 is 0 Å². The molecule has 1 aliphatic rings. The molecule has 1 fully saturated rings. The molecule has 0 radical (unpaired) electrons. The van der Waals surface area contributed by atoms with Gasteiger partial charge in [0, 0.05) is 0 Å². The van der Waals surface area contributed by atoms with Crippen molar-refractivity contribution in [3.63, 3.8) is 0 Å². The highest BCUT2D eigenvalue weighted by molar-refractivity contribution is 9.10. The summed E-state index contributed by atoms with van der Waals surface area (Å²) in [6, 6.07) is 13.2. The molecule has 0 bridgehead atoms. The Morgan fingerprint density at radius 3 is 2.61 bits per heavy atom. The molecule has 146 valence electrons. The Balaban J connectivity index is 1.93. The van der Waals surface area contributed by atoms with E-state index in [2.05, 4.69) is 22.9 Å². The Kier molecular flexibility index (Phi) is 7.15. The Labute approximate surface area is 183 Å². The number of hydrogen-bond donors (Lipinski definition) is 0. The van der Waals surface area contributed by atoms with Gasteiger partial charge in [-0.2, -0.15) is 0 Å². The van der Waals surface area contributed by atoms with Gasteiger partial charge in [0.15, 0.2) is 15.8 Å². The molecule has 0 spiro atoms. The van der Waals surface area contributed by atoms with Crippen molar-refractivity contribution in [2.75, 3.05) is 18.1 Å². The molecule has 3 rings (SSSR count). The van der Waals surface area contributed by atoms with Crippen molar-refractivity contribution in [3.05, 3.63) is 57.4 Å². The zero-order chi connectivity index (χ0) is 20.1. The number of nitrogens with zero attached hydrogens (tertiary/aromatic N) is 1. The van der Waals surface area contributed by atoms with Gasteiger partial charge in [-0.05, 0) is 65.2 Å². The van der Waals surface area contributed by atoms with Gasteiger partial charge in [0.2, 0.25) is 0 Å². The second-order valence-electron chi connectivity index (χ2n) is 5.96.